The van der Waals surface area contributed by atoms with Crippen molar-refractivity contribution in [2.75, 3.05) is 0 Å². The Labute approximate surface area is 185 Å². The summed E-state index contributed by atoms with van der Waals surface area (Å²) in [5.74, 6) is -1.85. The van der Waals surface area contributed by atoms with Crippen molar-refractivity contribution >= 4 is 59.5 Å². The van der Waals surface area contributed by atoms with Gasteiger partial charge in [0.2, 0.25) is 0 Å². The number of carbonyl (C=O) groups is 2. The van der Waals surface area contributed by atoms with Crippen LogP contribution in [-0.2, 0) is 14.4 Å². The molecule has 1 aliphatic rings. The average molecular weight is 463 g/mol. The second-order valence-electron chi connectivity index (χ2n) is 7.00. The highest BCUT2D eigenvalue weighted by Gasteiger charge is 2.42. The third-order valence-corrected chi connectivity index (χ3v) is 7.54. The van der Waals surface area contributed by atoms with Crippen LogP contribution in [0.1, 0.15) is 26.3 Å². The first-order chi connectivity index (χ1) is 15.3. The molecule has 7 nitrogen and oxygen atoms in total. The van der Waals surface area contributed by atoms with Crippen LogP contribution < -0.4 is 5.43 Å². The third-order valence-electron chi connectivity index (χ3n) is 5.14. The van der Waals surface area contributed by atoms with Crippen molar-refractivity contribution in [3.05, 3.63) is 94.2 Å². The Morgan fingerprint density at radius 2 is 1.59 bits per heavy atom. The highest BCUT2D eigenvalue weighted by atomic mass is 32.2. The fourth-order valence-corrected chi connectivity index (χ4v) is 5.63. The lowest BCUT2D eigenvalue weighted by Gasteiger charge is -2.13. The molecule has 32 heavy (non-hydrogen) atoms. The summed E-state index contributed by atoms with van der Waals surface area (Å²) >= 11 is 1.18. The first kappa shape index (κ1) is 20.3. The minimum Gasteiger partial charge on any atom is -0.289 e. The first-order valence-electron chi connectivity index (χ1n) is 9.36. The molecule has 0 saturated carbocycles. The monoisotopic (exact) mass is 463 g/mol. The molecule has 0 aliphatic carbocycles. The molecular formula is C23H13NO6S2. The zero-order valence-electron chi connectivity index (χ0n) is 16.3. The van der Waals surface area contributed by atoms with Crippen molar-refractivity contribution < 1.29 is 22.3 Å². The highest BCUT2D eigenvalue weighted by Crippen LogP contribution is 2.35. The van der Waals surface area contributed by atoms with E-state index in [1.54, 1.807) is 30.3 Å². The normalized spacial score (nSPS) is 13.7. The number of imide groups is 1. The van der Waals surface area contributed by atoms with Crippen LogP contribution in [0.2, 0.25) is 0 Å². The van der Waals surface area contributed by atoms with Gasteiger partial charge in [0.15, 0.2) is 5.43 Å². The number of hydrogen-bond acceptors (Lipinski definition) is 7. The SMILES string of the molecule is C=Cc1ccc(S(=O)(=O)ON2C(=O)c3ccc4c(=O)c5ccccc5sc4c3C2=O)cc1. The number of hydrogen-bond donors (Lipinski definition) is 0. The number of nitrogens with zero attached hydrogens (tertiary/aromatic N) is 1. The van der Waals surface area contributed by atoms with Gasteiger partial charge in [-0.25, -0.2) is 0 Å². The molecule has 0 saturated heterocycles. The maximum atomic E-state index is 13.1. The minimum absolute atomic E-state index is 0.0226. The molecule has 0 spiro atoms. The quantitative estimate of drug-likeness (QED) is 0.336. The number of fused-ring (bicyclic) bond motifs is 4. The molecule has 9 heteroatoms. The van der Waals surface area contributed by atoms with Crippen molar-refractivity contribution in [3.8, 4) is 0 Å². The van der Waals surface area contributed by atoms with Crippen molar-refractivity contribution in [1.29, 1.82) is 0 Å². The van der Waals surface area contributed by atoms with Crippen LogP contribution >= 0.6 is 11.3 Å². The molecule has 2 amide bonds. The van der Waals surface area contributed by atoms with Crippen molar-refractivity contribution in [3.63, 3.8) is 0 Å². The molecule has 4 aromatic rings. The van der Waals surface area contributed by atoms with Crippen molar-refractivity contribution in [2.45, 2.75) is 4.90 Å². The van der Waals surface area contributed by atoms with Gasteiger partial charge in [-0.05, 0) is 42.0 Å². The van der Waals surface area contributed by atoms with Gasteiger partial charge < -0.3 is 0 Å². The summed E-state index contributed by atoms with van der Waals surface area (Å²) in [7, 11) is -4.46. The zero-order valence-corrected chi connectivity index (χ0v) is 17.9. The number of rotatable bonds is 4. The molecule has 3 aromatic carbocycles. The predicted octanol–water partition coefficient (Wildman–Crippen LogP) is 3.97. The largest absolute Gasteiger partial charge is 0.318 e. The second-order valence-corrected chi connectivity index (χ2v) is 9.58. The van der Waals surface area contributed by atoms with Gasteiger partial charge in [-0.15, -0.1) is 20.7 Å². The minimum atomic E-state index is -4.46. The van der Waals surface area contributed by atoms with E-state index in [0.717, 1.165) is 0 Å². The van der Waals surface area contributed by atoms with Gasteiger partial charge in [-0.3, -0.25) is 14.4 Å². The zero-order chi connectivity index (χ0) is 22.6. The Morgan fingerprint density at radius 3 is 2.31 bits per heavy atom. The summed E-state index contributed by atoms with van der Waals surface area (Å²) in [5.41, 5.74) is 0.355. The summed E-state index contributed by atoms with van der Waals surface area (Å²) < 4.78 is 31.3. The molecule has 5 rings (SSSR count). The van der Waals surface area contributed by atoms with E-state index in [9.17, 15) is 22.8 Å². The Balaban J connectivity index is 1.61. The Bertz CT molecular complexity index is 1640. The summed E-state index contributed by atoms with van der Waals surface area (Å²) in [6.07, 6.45) is 1.54. The lowest BCUT2D eigenvalue weighted by molar-refractivity contribution is -0.0103. The molecule has 2 heterocycles. The van der Waals surface area contributed by atoms with E-state index in [2.05, 4.69) is 6.58 Å². The van der Waals surface area contributed by atoms with Gasteiger partial charge in [-0.1, -0.05) is 36.9 Å². The smallest absolute Gasteiger partial charge is 0.289 e. The topological polar surface area (TPSA) is 97.8 Å². The molecule has 158 valence electrons. The van der Waals surface area contributed by atoms with Crippen LogP contribution in [0.25, 0.3) is 26.2 Å². The van der Waals surface area contributed by atoms with E-state index in [1.165, 1.54) is 47.7 Å². The van der Waals surface area contributed by atoms with Crippen LogP contribution in [0.3, 0.4) is 0 Å². The molecule has 0 unspecified atom stereocenters. The Kier molecular flexibility index (Phi) is 4.55. The van der Waals surface area contributed by atoms with Gasteiger partial charge in [0.25, 0.3) is 11.8 Å². The van der Waals surface area contributed by atoms with Crippen LogP contribution in [-0.4, -0.2) is 25.3 Å². The molecule has 1 aromatic heterocycles. The molecule has 0 radical (unpaired) electrons. The fourth-order valence-electron chi connectivity index (χ4n) is 3.54. The van der Waals surface area contributed by atoms with Crippen LogP contribution in [0.4, 0.5) is 0 Å². The van der Waals surface area contributed by atoms with Crippen molar-refractivity contribution in [2.24, 2.45) is 0 Å². The Morgan fingerprint density at radius 1 is 0.875 bits per heavy atom. The van der Waals surface area contributed by atoms with Gasteiger partial charge in [0, 0.05) is 15.5 Å². The molecule has 1 aliphatic heterocycles. The number of benzene rings is 3. The molecule has 0 atom stereocenters. The number of amides is 2. The lowest BCUT2D eigenvalue weighted by Crippen LogP contribution is -2.32. The number of carbonyl (C=O) groups excluding carboxylic acids is 2. The predicted molar refractivity (Wildman–Crippen MR) is 121 cm³/mol. The van der Waals surface area contributed by atoms with Crippen LogP contribution in [0, 0.1) is 0 Å². The fraction of sp³-hybridized carbons (Fsp3) is 0. The number of hydroxylamine groups is 2. The Hall–Kier alpha value is -3.66. The molecule has 0 fully saturated rings. The average Bonchev–Trinajstić information content (AvgIpc) is 3.04. The van der Waals surface area contributed by atoms with E-state index in [0.29, 0.717) is 20.3 Å². The van der Waals surface area contributed by atoms with Gasteiger partial charge in [0.1, 0.15) is 0 Å². The first-order valence-corrected chi connectivity index (χ1v) is 11.6. The van der Waals surface area contributed by atoms with Gasteiger partial charge in [0.05, 0.1) is 20.7 Å². The summed E-state index contributed by atoms with van der Waals surface area (Å²) in [6, 6.07) is 15.4. The maximum Gasteiger partial charge on any atom is 0.318 e. The summed E-state index contributed by atoms with van der Waals surface area (Å²) in [6.45, 7) is 3.60. The maximum absolute atomic E-state index is 13.1. The molecule has 0 N–H and O–H groups in total. The second kappa shape index (κ2) is 7.20. The van der Waals surface area contributed by atoms with E-state index in [4.69, 9.17) is 4.28 Å². The van der Waals surface area contributed by atoms with E-state index < -0.39 is 21.9 Å². The standard InChI is InChI=1S/C23H13NO6S2/c1-2-13-7-9-14(10-8-13)32(28,29)30-24-22(26)16-11-12-17-20(25)15-5-3-4-6-18(15)31-21(17)19(16)23(24)27/h2-12H,1H2. The van der Waals surface area contributed by atoms with E-state index >= 15 is 0 Å². The van der Waals surface area contributed by atoms with Crippen LogP contribution in [0.5, 0.6) is 0 Å². The van der Waals surface area contributed by atoms with Gasteiger partial charge >= 0.3 is 10.1 Å². The highest BCUT2D eigenvalue weighted by molar-refractivity contribution is 7.86. The van der Waals surface area contributed by atoms with E-state index in [1.807, 2.05) is 0 Å². The van der Waals surface area contributed by atoms with E-state index in [-0.39, 0.29) is 31.9 Å². The lowest BCUT2D eigenvalue weighted by atomic mass is 10.1. The van der Waals surface area contributed by atoms with Crippen molar-refractivity contribution in [1.82, 2.24) is 5.06 Å². The summed E-state index contributed by atoms with van der Waals surface area (Å²) in [5, 5.41) is 1.01. The van der Waals surface area contributed by atoms with Crippen LogP contribution in [0.15, 0.2) is 76.9 Å². The molecular weight excluding hydrogens is 450 g/mol. The molecule has 0 bridgehead atoms. The van der Waals surface area contributed by atoms with Gasteiger partial charge in [-0.2, -0.15) is 8.42 Å². The summed E-state index contributed by atoms with van der Waals surface area (Å²) in [4.78, 5) is 38.6. The third kappa shape index (κ3) is 2.98.